The maximum Gasteiger partial charge on any atom is 0.221 e. The lowest BCUT2D eigenvalue weighted by atomic mass is 10.00. The van der Waals surface area contributed by atoms with Crippen molar-refractivity contribution < 1.29 is 18.2 Å². The van der Waals surface area contributed by atoms with Crippen LogP contribution in [-0.4, -0.2) is 25.8 Å². The summed E-state index contributed by atoms with van der Waals surface area (Å²) in [6.07, 6.45) is 2.09. The molecule has 180 valence electrons. The summed E-state index contributed by atoms with van der Waals surface area (Å²) >= 11 is -2.11. The molecule has 0 spiro atoms. The van der Waals surface area contributed by atoms with E-state index >= 15 is 0 Å². The minimum absolute atomic E-state index is 0.123. The van der Waals surface area contributed by atoms with Crippen molar-refractivity contribution in [3.8, 4) is 22.6 Å². The monoisotopic (exact) mass is 491 g/mol. The molecule has 1 atom stereocenters. The molecule has 0 radical (unpaired) electrons. The van der Waals surface area contributed by atoms with Gasteiger partial charge in [0, 0.05) is 23.9 Å². The first-order valence-corrected chi connectivity index (χ1v) is 11.7. The number of benzene rings is 3. The summed E-state index contributed by atoms with van der Waals surface area (Å²) in [5, 5.41) is 0. The van der Waals surface area contributed by atoms with Gasteiger partial charge in [0.2, 0.25) is 5.95 Å². The predicted octanol–water partition coefficient (Wildman–Crippen LogP) is 3.65. The molecule has 1 unspecified atom stereocenters. The second kappa shape index (κ2) is 10.4. The van der Waals surface area contributed by atoms with E-state index in [-0.39, 0.29) is 12.6 Å². The van der Waals surface area contributed by atoms with Crippen LogP contribution >= 0.6 is 0 Å². The molecule has 9 nitrogen and oxygen atoms in total. The van der Waals surface area contributed by atoms with Crippen LogP contribution < -0.4 is 26.7 Å². The molecule has 0 saturated heterocycles. The highest BCUT2D eigenvalue weighted by atomic mass is 32.2. The minimum atomic E-state index is -2.11. The van der Waals surface area contributed by atoms with Gasteiger partial charge >= 0.3 is 0 Å². The smallest absolute Gasteiger partial charge is 0.221 e. The third-order valence-corrected chi connectivity index (χ3v) is 6.08. The Kier molecular flexibility index (Phi) is 7.14. The van der Waals surface area contributed by atoms with Crippen molar-refractivity contribution in [3.63, 3.8) is 0 Å². The van der Waals surface area contributed by atoms with E-state index in [0.717, 1.165) is 27.8 Å². The molecule has 0 bridgehead atoms. The van der Waals surface area contributed by atoms with E-state index in [2.05, 4.69) is 9.97 Å². The number of hydrogen-bond donors (Lipinski definition) is 4. The number of hydrogen-bond acceptors (Lipinski definition) is 8. The zero-order valence-electron chi connectivity index (χ0n) is 19.0. The fraction of sp³-hybridized carbons (Fsp3) is 0.120. The Labute approximate surface area is 205 Å². The van der Waals surface area contributed by atoms with E-state index in [1.165, 1.54) is 0 Å². The topological polar surface area (TPSA) is 160 Å². The van der Waals surface area contributed by atoms with Crippen molar-refractivity contribution in [2.75, 3.05) is 24.3 Å². The molecule has 1 heterocycles. The highest BCUT2D eigenvalue weighted by molar-refractivity contribution is 7.79. The average molecular weight is 492 g/mol. The molecule has 0 aliphatic heterocycles. The summed E-state index contributed by atoms with van der Waals surface area (Å²) in [6, 6.07) is 17.9. The number of rotatable bonds is 8. The Morgan fingerprint density at radius 2 is 1.71 bits per heavy atom. The van der Waals surface area contributed by atoms with Gasteiger partial charge in [0.15, 0.2) is 22.6 Å². The maximum atomic E-state index is 11.7. The Balaban J connectivity index is 1.62. The second-order valence-electron chi connectivity index (χ2n) is 7.78. The Hall–Kier alpha value is -4.15. The summed E-state index contributed by atoms with van der Waals surface area (Å²) in [4.78, 5) is 8.32. The van der Waals surface area contributed by atoms with Gasteiger partial charge in [-0.25, -0.2) is 9.19 Å². The fourth-order valence-electron chi connectivity index (χ4n) is 3.61. The molecular weight excluding hydrogens is 466 g/mol. The standard InChI is InChI=1S/C25H25N5O4S/c1-33-22-9-2-15(10-18-13-29-25(28)30-24(18)27)11-23(22)34-14-17-5-8-20(35(31)32)12-21(17)16-3-6-19(26)7-4-16/h2-9,11-13H,10,14,26H2,1H3,(H,31,32)(H4,27,28,29,30). The number of nitrogens with zero attached hydrogens (tertiary/aromatic N) is 2. The van der Waals surface area contributed by atoms with E-state index < -0.39 is 11.1 Å². The van der Waals surface area contributed by atoms with Gasteiger partial charge in [-0.2, -0.15) is 4.98 Å². The van der Waals surface area contributed by atoms with Gasteiger partial charge in [-0.3, -0.25) is 0 Å². The van der Waals surface area contributed by atoms with Crippen LogP contribution in [0.3, 0.4) is 0 Å². The van der Waals surface area contributed by atoms with E-state index in [9.17, 15) is 8.76 Å². The van der Waals surface area contributed by atoms with Crippen molar-refractivity contribution in [1.82, 2.24) is 9.97 Å². The molecule has 0 aliphatic carbocycles. The molecule has 10 heteroatoms. The lowest BCUT2D eigenvalue weighted by Crippen LogP contribution is -2.05. The summed E-state index contributed by atoms with van der Waals surface area (Å²) in [7, 11) is 1.57. The van der Waals surface area contributed by atoms with Gasteiger partial charge in [0.25, 0.3) is 0 Å². The molecule has 0 saturated carbocycles. The second-order valence-corrected chi connectivity index (χ2v) is 8.75. The zero-order chi connectivity index (χ0) is 24.9. The molecule has 35 heavy (non-hydrogen) atoms. The number of nitrogens with two attached hydrogens (primary N) is 3. The Morgan fingerprint density at radius 1 is 0.943 bits per heavy atom. The largest absolute Gasteiger partial charge is 0.493 e. The van der Waals surface area contributed by atoms with Crippen LogP contribution in [0.2, 0.25) is 0 Å². The van der Waals surface area contributed by atoms with Crippen LogP contribution in [0, 0.1) is 0 Å². The summed E-state index contributed by atoms with van der Waals surface area (Å²) < 4.78 is 32.9. The van der Waals surface area contributed by atoms with E-state index in [0.29, 0.717) is 34.3 Å². The third-order valence-electron chi connectivity index (χ3n) is 5.43. The molecule has 4 aromatic rings. The van der Waals surface area contributed by atoms with E-state index in [1.807, 2.05) is 30.3 Å². The maximum absolute atomic E-state index is 11.7. The van der Waals surface area contributed by atoms with Crippen LogP contribution in [-0.2, 0) is 24.1 Å². The van der Waals surface area contributed by atoms with E-state index in [1.54, 1.807) is 43.6 Å². The minimum Gasteiger partial charge on any atom is -0.493 e. The normalized spacial score (nSPS) is 11.7. The first-order valence-electron chi connectivity index (χ1n) is 10.6. The van der Waals surface area contributed by atoms with Crippen molar-refractivity contribution in [2.24, 2.45) is 0 Å². The lowest BCUT2D eigenvalue weighted by molar-refractivity contribution is 0.284. The lowest BCUT2D eigenvalue weighted by Gasteiger charge is -2.16. The summed E-state index contributed by atoms with van der Waals surface area (Å²) in [5.41, 5.74) is 22.1. The van der Waals surface area contributed by atoms with Crippen LogP contribution in [0.15, 0.2) is 71.8 Å². The van der Waals surface area contributed by atoms with Gasteiger partial charge in [-0.05, 0) is 58.7 Å². The average Bonchev–Trinajstić information content (AvgIpc) is 2.85. The molecule has 0 aliphatic rings. The van der Waals surface area contributed by atoms with E-state index in [4.69, 9.17) is 26.7 Å². The van der Waals surface area contributed by atoms with Crippen molar-refractivity contribution in [2.45, 2.75) is 17.9 Å². The van der Waals surface area contributed by atoms with Crippen molar-refractivity contribution in [3.05, 3.63) is 83.6 Å². The van der Waals surface area contributed by atoms with Crippen molar-refractivity contribution in [1.29, 1.82) is 0 Å². The number of ether oxygens (including phenoxy) is 2. The summed E-state index contributed by atoms with van der Waals surface area (Å²) in [5.74, 6) is 1.55. The molecule has 7 N–H and O–H groups in total. The quantitative estimate of drug-likeness (QED) is 0.213. The van der Waals surface area contributed by atoms with Crippen molar-refractivity contribution >= 4 is 28.5 Å². The van der Waals surface area contributed by atoms with Crippen LogP contribution in [0.5, 0.6) is 11.5 Å². The zero-order valence-corrected chi connectivity index (χ0v) is 19.8. The highest BCUT2D eigenvalue weighted by Crippen LogP contribution is 2.32. The summed E-state index contributed by atoms with van der Waals surface area (Å²) in [6.45, 7) is 0.199. The van der Waals surface area contributed by atoms with Crippen LogP contribution in [0.25, 0.3) is 11.1 Å². The Morgan fingerprint density at radius 3 is 2.40 bits per heavy atom. The first-order chi connectivity index (χ1) is 16.8. The van der Waals surface area contributed by atoms with Gasteiger partial charge in [0.1, 0.15) is 12.4 Å². The fourth-order valence-corrected chi connectivity index (χ4v) is 4.01. The number of anilines is 3. The molecule has 0 amide bonds. The van der Waals surface area contributed by atoms with Crippen LogP contribution in [0.4, 0.5) is 17.5 Å². The molecule has 3 aromatic carbocycles. The molecule has 4 rings (SSSR count). The Bertz CT molecular complexity index is 1380. The molecular formula is C25H25N5O4S. The van der Waals surface area contributed by atoms with Gasteiger partial charge < -0.3 is 31.2 Å². The van der Waals surface area contributed by atoms with Gasteiger partial charge in [0.05, 0.1) is 12.0 Å². The molecule has 0 fully saturated rings. The molecule has 1 aromatic heterocycles. The van der Waals surface area contributed by atoms with Crippen LogP contribution in [0.1, 0.15) is 16.7 Å². The predicted molar refractivity (Wildman–Crippen MR) is 136 cm³/mol. The third kappa shape index (κ3) is 5.68. The van der Waals surface area contributed by atoms with Gasteiger partial charge in [-0.15, -0.1) is 0 Å². The van der Waals surface area contributed by atoms with Gasteiger partial charge in [-0.1, -0.05) is 24.3 Å². The number of methoxy groups -OCH3 is 1. The first kappa shape index (κ1) is 24.0. The SMILES string of the molecule is COc1ccc(Cc2cnc(N)nc2N)cc1OCc1ccc(S(=O)O)cc1-c1ccc(N)cc1. The highest BCUT2D eigenvalue weighted by Gasteiger charge is 2.13. The number of nitrogen functional groups attached to an aromatic ring is 3. The number of aromatic nitrogens is 2.